The van der Waals surface area contributed by atoms with Crippen LogP contribution in [0.5, 0.6) is 0 Å². The molecule has 0 amide bonds. The predicted octanol–water partition coefficient (Wildman–Crippen LogP) is 4.69. The van der Waals surface area contributed by atoms with Crippen molar-refractivity contribution in [2.45, 2.75) is 6.18 Å². The Kier molecular flexibility index (Phi) is 4.53. The van der Waals surface area contributed by atoms with Crippen molar-refractivity contribution in [3.8, 4) is 28.5 Å². The molecule has 0 atom stereocenters. The third-order valence-corrected chi connectivity index (χ3v) is 3.92. The lowest BCUT2D eigenvalue weighted by Gasteiger charge is -2.11. The molecule has 10 heteroatoms. The molecular formula is C19H10F5N5. The van der Waals surface area contributed by atoms with Crippen LogP contribution in [-0.4, -0.2) is 24.7 Å². The molecule has 0 aliphatic carbocycles. The van der Waals surface area contributed by atoms with Crippen LogP contribution in [0.1, 0.15) is 5.82 Å². The van der Waals surface area contributed by atoms with Crippen LogP contribution < -0.4 is 0 Å². The van der Waals surface area contributed by atoms with Gasteiger partial charge in [0.15, 0.2) is 11.6 Å². The Morgan fingerprint density at radius 3 is 2.21 bits per heavy atom. The van der Waals surface area contributed by atoms with E-state index in [1.807, 2.05) is 0 Å². The number of halogens is 5. The standard InChI is InChI=1S/C19H10F5N5/c20-12-8-11(9-13(21)10-12)14-4-3-7-26-16(14)29-17(15-5-1-2-6-25-15)27-18(28-29)19(22,23)24/h1-10H. The molecule has 0 saturated heterocycles. The van der Waals surface area contributed by atoms with Gasteiger partial charge in [-0.05, 0) is 42.0 Å². The predicted molar refractivity (Wildman–Crippen MR) is 92.7 cm³/mol. The maximum absolute atomic E-state index is 13.7. The largest absolute Gasteiger partial charge is 0.453 e. The highest BCUT2D eigenvalue weighted by Crippen LogP contribution is 2.32. The molecule has 0 fully saturated rings. The van der Waals surface area contributed by atoms with Gasteiger partial charge in [0.2, 0.25) is 0 Å². The van der Waals surface area contributed by atoms with Crippen LogP contribution in [0, 0.1) is 11.6 Å². The quantitative estimate of drug-likeness (QED) is 0.466. The van der Waals surface area contributed by atoms with Gasteiger partial charge in [0.25, 0.3) is 5.82 Å². The van der Waals surface area contributed by atoms with Crippen LogP contribution >= 0.6 is 0 Å². The molecule has 5 nitrogen and oxygen atoms in total. The van der Waals surface area contributed by atoms with Crippen molar-refractivity contribution in [3.63, 3.8) is 0 Å². The van der Waals surface area contributed by atoms with Gasteiger partial charge in [-0.2, -0.15) is 17.9 Å². The van der Waals surface area contributed by atoms with E-state index in [9.17, 15) is 22.0 Å². The summed E-state index contributed by atoms with van der Waals surface area (Å²) in [6.45, 7) is 0. The number of hydrogen-bond donors (Lipinski definition) is 0. The van der Waals surface area contributed by atoms with E-state index in [1.165, 1.54) is 30.6 Å². The molecule has 0 saturated carbocycles. The van der Waals surface area contributed by atoms with Gasteiger partial charge in [-0.3, -0.25) is 4.98 Å². The minimum atomic E-state index is -4.81. The summed E-state index contributed by atoms with van der Waals surface area (Å²) in [7, 11) is 0. The molecule has 0 aliphatic rings. The Bertz CT molecular complexity index is 1150. The first-order chi connectivity index (χ1) is 13.8. The van der Waals surface area contributed by atoms with Crippen molar-refractivity contribution in [1.29, 1.82) is 0 Å². The summed E-state index contributed by atoms with van der Waals surface area (Å²) in [5, 5.41) is 3.55. The second-order valence-corrected chi connectivity index (χ2v) is 5.92. The van der Waals surface area contributed by atoms with Gasteiger partial charge in [0.05, 0.1) is 0 Å². The first-order valence-corrected chi connectivity index (χ1v) is 8.20. The second-order valence-electron chi connectivity index (χ2n) is 5.92. The van der Waals surface area contributed by atoms with Gasteiger partial charge in [-0.25, -0.2) is 18.7 Å². The average Bonchev–Trinajstić information content (AvgIpc) is 3.14. The first-order valence-electron chi connectivity index (χ1n) is 8.20. The van der Waals surface area contributed by atoms with E-state index in [0.717, 1.165) is 16.8 Å². The Balaban J connectivity index is 1.97. The smallest absolute Gasteiger partial charge is 0.253 e. The van der Waals surface area contributed by atoms with Gasteiger partial charge in [-0.15, -0.1) is 5.10 Å². The number of alkyl halides is 3. The number of rotatable bonds is 3. The van der Waals surface area contributed by atoms with Crippen LogP contribution in [0.25, 0.3) is 28.5 Å². The lowest BCUT2D eigenvalue weighted by Crippen LogP contribution is -2.09. The van der Waals surface area contributed by atoms with Crippen LogP contribution in [-0.2, 0) is 6.18 Å². The summed E-state index contributed by atoms with van der Waals surface area (Å²) in [6.07, 6.45) is -2.09. The van der Waals surface area contributed by atoms with E-state index in [-0.39, 0.29) is 28.5 Å². The molecule has 0 unspecified atom stereocenters. The van der Waals surface area contributed by atoms with E-state index >= 15 is 0 Å². The van der Waals surface area contributed by atoms with E-state index < -0.39 is 23.6 Å². The van der Waals surface area contributed by atoms with Crippen molar-refractivity contribution in [2.24, 2.45) is 0 Å². The molecule has 3 aromatic heterocycles. The molecule has 0 radical (unpaired) electrons. The highest BCUT2D eigenvalue weighted by molar-refractivity contribution is 5.72. The summed E-state index contributed by atoms with van der Waals surface area (Å²) in [4.78, 5) is 11.7. The monoisotopic (exact) mass is 403 g/mol. The van der Waals surface area contributed by atoms with E-state index in [4.69, 9.17) is 0 Å². The van der Waals surface area contributed by atoms with Gasteiger partial charge in [-0.1, -0.05) is 6.07 Å². The Labute approximate surface area is 160 Å². The molecule has 3 heterocycles. The van der Waals surface area contributed by atoms with Crippen molar-refractivity contribution < 1.29 is 22.0 Å². The van der Waals surface area contributed by atoms with Gasteiger partial charge >= 0.3 is 6.18 Å². The zero-order valence-electron chi connectivity index (χ0n) is 14.4. The van der Waals surface area contributed by atoms with Crippen LogP contribution in [0.3, 0.4) is 0 Å². The van der Waals surface area contributed by atoms with Crippen molar-refractivity contribution in [3.05, 3.63) is 78.4 Å². The molecule has 0 bridgehead atoms. The van der Waals surface area contributed by atoms with E-state index in [0.29, 0.717) is 6.07 Å². The summed E-state index contributed by atoms with van der Waals surface area (Å²) in [5.74, 6) is -3.36. The van der Waals surface area contributed by atoms with Crippen molar-refractivity contribution >= 4 is 0 Å². The van der Waals surface area contributed by atoms with Crippen LogP contribution in [0.2, 0.25) is 0 Å². The van der Waals surface area contributed by atoms with Crippen LogP contribution in [0.15, 0.2) is 60.9 Å². The molecule has 0 aliphatic heterocycles. The maximum Gasteiger partial charge on any atom is 0.453 e. The molecule has 146 valence electrons. The summed E-state index contributed by atoms with van der Waals surface area (Å²) >= 11 is 0. The number of benzene rings is 1. The third kappa shape index (κ3) is 3.68. The molecule has 29 heavy (non-hydrogen) atoms. The van der Waals surface area contributed by atoms with Gasteiger partial charge in [0, 0.05) is 24.0 Å². The fourth-order valence-corrected chi connectivity index (χ4v) is 2.74. The zero-order valence-corrected chi connectivity index (χ0v) is 14.4. The van der Waals surface area contributed by atoms with Crippen molar-refractivity contribution in [1.82, 2.24) is 24.7 Å². The molecule has 4 aromatic rings. The lowest BCUT2D eigenvalue weighted by atomic mass is 10.1. The zero-order chi connectivity index (χ0) is 20.6. The van der Waals surface area contributed by atoms with Gasteiger partial charge in [0.1, 0.15) is 17.3 Å². The molecule has 4 rings (SSSR count). The molecule has 0 N–H and O–H groups in total. The topological polar surface area (TPSA) is 56.5 Å². The third-order valence-electron chi connectivity index (χ3n) is 3.92. The van der Waals surface area contributed by atoms with Crippen molar-refractivity contribution in [2.75, 3.05) is 0 Å². The van der Waals surface area contributed by atoms with E-state index in [2.05, 4.69) is 20.1 Å². The Morgan fingerprint density at radius 2 is 1.55 bits per heavy atom. The minimum Gasteiger partial charge on any atom is -0.253 e. The number of pyridine rings is 2. The molecule has 0 spiro atoms. The van der Waals surface area contributed by atoms with Gasteiger partial charge < -0.3 is 0 Å². The van der Waals surface area contributed by atoms with Crippen LogP contribution in [0.4, 0.5) is 22.0 Å². The summed E-state index contributed by atoms with van der Waals surface area (Å²) in [6, 6.07) is 10.4. The normalized spacial score (nSPS) is 11.6. The Hall–Kier alpha value is -3.69. The van der Waals surface area contributed by atoms with E-state index in [1.54, 1.807) is 12.1 Å². The number of hydrogen-bond acceptors (Lipinski definition) is 4. The molecule has 1 aromatic carbocycles. The minimum absolute atomic E-state index is 0.0823. The Morgan fingerprint density at radius 1 is 0.828 bits per heavy atom. The summed E-state index contributed by atoms with van der Waals surface area (Å²) in [5.41, 5.74) is 0.376. The second kappa shape index (κ2) is 7.04. The fraction of sp³-hybridized carbons (Fsp3) is 0.0526. The SMILES string of the molecule is Fc1cc(F)cc(-c2cccnc2-n2nc(C(F)(F)F)nc2-c2ccccn2)c1. The lowest BCUT2D eigenvalue weighted by molar-refractivity contribution is -0.144. The highest BCUT2D eigenvalue weighted by Gasteiger charge is 2.38. The highest BCUT2D eigenvalue weighted by atomic mass is 19.4. The first kappa shape index (κ1) is 18.7. The average molecular weight is 403 g/mol. The maximum atomic E-state index is 13.7. The number of aromatic nitrogens is 5. The number of nitrogens with zero attached hydrogens (tertiary/aromatic N) is 5. The summed E-state index contributed by atoms with van der Waals surface area (Å²) < 4.78 is 68.1. The molecular weight excluding hydrogens is 393 g/mol. The fourth-order valence-electron chi connectivity index (χ4n) is 2.74.